The number of Topliss-reactive ketones (excluding diaryl/α,β-unsaturated/α-hetero) is 2. The zero-order chi connectivity index (χ0) is 56.2. The molecule has 0 unspecified atom stereocenters. The Morgan fingerprint density at radius 2 is 0.779 bits per heavy atom. The Morgan fingerprint density at radius 1 is 0.442 bits per heavy atom. The molecule has 20 heteroatoms. The number of carbonyl (C=O) groups is 6. The standard InChI is InChI=1S/C31H33NO9.C24H27NO9.C2H6/c33-25(14-15-26(34)28(36)29(37)30(38)40-17-19-8-2-1-3-9-19)27(35)16-32-31(39)41-18-24-22-12-6-4-10-20(22)21-11-5-7-13-23(21)24;26-18(9-10-19(27)21(29)22(30)23(31)32)20(28)11-25-24(33)34-12-17-15-7-3-1-5-13(15)14-6-2-4-8-16(14)17;1-2/h1-13,24-25,27-29,33,35-37H,14-18H2,(H,32,39);1-8,17-18,20-22,26,28-30H,9-12H2,(H,25,33)(H,31,32);1-2H3/t25-,27+,28+,29+;18-,20+,21+,22+;/m11./s1. The first-order valence-electron chi connectivity index (χ1n) is 25.1. The number of amides is 2. The number of hydrogen-bond acceptors (Lipinski definition) is 17. The summed E-state index contributed by atoms with van der Waals surface area (Å²) in [5, 5.41) is 92.4. The summed E-state index contributed by atoms with van der Waals surface area (Å²) in [7, 11) is 0. The number of benzene rings is 5. The maximum absolute atomic E-state index is 12.3. The van der Waals surface area contributed by atoms with Crippen molar-refractivity contribution in [1.29, 1.82) is 0 Å². The lowest BCUT2D eigenvalue weighted by Crippen LogP contribution is -2.42. The van der Waals surface area contributed by atoms with Gasteiger partial charge in [0.25, 0.3) is 0 Å². The smallest absolute Gasteiger partial charge is 0.407 e. The minimum absolute atomic E-state index is 0.0802. The third kappa shape index (κ3) is 16.5. The van der Waals surface area contributed by atoms with Crippen LogP contribution in [0.5, 0.6) is 0 Å². The van der Waals surface area contributed by atoms with Gasteiger partial charge in [-0.3, -0.25) is 9.59 Å². The van der Waals surface area contributed by atoms with Gasteiger partial charge >= 0.3 is 24.1 Å². The van der Waals surface area contributed by atoms with Gasteiger partial charge in [0.05, 0.1) is 24.4 Å². The first-order chi connectivity index (χ1) is 37.0. The van der Waals surface area contributed by atoms with Crippen molar-refractivity contribution in [2.45, 2.75) is 107 Å². The van der Waals surface area contributed by atoms with Crippen molar-refractivity contribution in [3.8, 4) is 22.3 Å². The summed E-state index contributed by atoms with van der Waals surface area (Å²) < 4.78 is 15.7. The van der Waals surface area contributed by atoms with Crippen LogP contribution in [0, 0.1) is 0 Å². The van der Waals surface area contributed by atoms with E-state index in [1.807, 2.05) is 111 Å². The second-order valence-corrected chi connectivity index (χ2v) is 17.9. The molecular formula is C57H66N2O18. The summed E-state index contributed by atoms with van der Waals surface area (Å²) in [5.74, 6) is -5.09. The zero-order valence-electron chi connectivity index (χ0n) is 42.5. The topological polar surface area (TPSA) is 336 Å². The van der Waals surface area contributed by atoms with Gasteiger partial charge in [0.2, 0.25) is 0 Å². The number of hydrogen-bond donors (Lipinski definition) is 11. The Labute approximate surface area is 444 Å². The molecule has 0 aliphatic heterocycles. The molecule has 2 aliphatic carbocycles. The monoisotopic (exact) mass is 1070 g/mol. The van der Waals surface area contributed by atoms with Gasteiger partial charge in [0.1, 0.15) is 32.0 Å². The van der Waals surface area contributed by atoms with Gasteiger partial charge in [-0.05, 0) is 62.9 Å². The van der Waals surface area contributed by atoms with Gasteiger partial charge in [-0.15, -0.1) is 0 Å². The van der Waals surface area contributed by atoms with Gasteiger partial charge in [-0.25, -0.2) is 19.2 Å². The number of carboxylic acids is 1. The van der Waals surface area contributed by atoms with Crippen LogP contribution in [0.15, 0.2) is 127 Å². The van der Waals surface area contributed by atoms with Crippen molar-refractivity contribution in [2.24, 2.45) is 0 Å². The van der Waals surface area contributed by atoms with E-state index in [0.29, 0.717) is 5.56 Å². The number of ketones is 2. The Kier molecular flexibility index (Phi) is 23.4. The second-order valence-electron chi connectivity index (χ2n) is 17.9. The van der Waals surface area contributed by atoms with Gasteiger partial charge in [0, 0.05) is 37.8 Å². The Bertz CT molecular complexity index is 2660. The molecule has 0 saturated carbocycles. The number of fused-ring (bicyclic) bond motifs is 6. The maximum Gasteiger partial charge on any atom is 0.407 e. The number of rotatable bonds is 24. The highest BCUT2D eigenvalue weighted by Crippen LogP contribution is 2.45. The van der Waals surface area contributed by atoms with Gasteiger partial charge < -0.3 is 70.8 Å². The van der Waals surface area contributed by atoms with Crippen molar-refractivity contribution >= 4 is 35.7 Å². The molecule has 8 atom stereocenters. The quantitative estimate of drug-likeness (QED) is 0.0311. The molecule has 5 aromatic rings. The number of alkyl carbamates (subject to hydrolysis) is 2. The Hall–Kier alpha value is -7.40. The molecule has 0 aromatic heterocycles. The zero-order valence-corrected chi connectivity index (χ0v) is 42.5. The highest BCUT2D eigenvalue weighted by Gasteiger charge is 2.34. The van der Waals surface area contributed by atoms with E-state index in [9.17, 15) is 69.6 Å². The van der Waals surface area contributed by atoms with E-state index in [1.165, 1.54) is 0 Å². The van der Waals surface area contributed by atoms with Crippen molar-refractivity contribution < 1.29 is 88.9 Å². The second kappa shape index (κ2) is 29.8. The predicted octanol–water partition coefficient (Wildman–Crippen LogP) is 3.49. The fourth-order valence-corrected chi connectivity index (χ4v) is 8.64. The fourth-order valence-electron chi connectivity index (χ4n) is 8.64. The number of carboxylic acid groups (broad SMARTS) is 1. The van der Waals surface area contributed by atoms with Crippen LogP contribution >= 0.6 is 0 Å². The Morgan fingerprint density at radius 3 is 1.14 bits per heavy atom. The Balaban J connectivity index is 0.000000280. The molecule has 2 amide bonds. The van der Waals surface area contributed by atoms with Crippen molar-refractivity contribution in [2.75, 3.05) is 26.3 Å². The van der Waals surface area contributed by atoms with E-state index >= 15 is 0 Å². The number of nitrogens with one attached hydrogen (secondary N) is 2. The summed E-state index contributed by atoms with van der Waals surface area (Å²) >= 11 is 0. The van der Waals surface area contributed by atoms with Crippen LogP contribution in [-0.2, 0) is 40.0 Å². The van der Waals surface area contributed by atoms with E-state index in [4.69, 9.17) is 19.3 Å². The maximum atomic E-state index is 12.3. The van der Waals surface area contributed by atoms with Crippen molar-refractivity contribution in [3.63, 3.8) is 0 Å². The lowest BCUT2D eigenvalue weighted by molar-refractivity contribution is -0.164. The van der Waals surface area contributed by atoms with Crippen LogP contribution < -0.4 is 10.6 Å². The third-order valence-corrected chi connectivity index (χ3v) is 12.8. The number of aliphatic hydroxyl groups excluding tert-OH is 8. The van der Waals surface area contributed by atoms with Crippen LogP contribution in [-0.4, -0.2) is 157 Å². The van der Waals surface area contributed by atoms with E-state index in [1.54, 1.807) is 30.3 Å². The predicted molar refractivity (Wildman–Crippen MR) is 278 cm³/mol. The molecule has 2 aliphatic rings. The first-order valence-corrected chi connectivity index (χ1v) is 25.1. The minimum atomic E-state index is -2.27. The summed E-state index contributed by atoms with van der Waals surface area (Å²) in [5.41, 5.74) is 9.22. The third-order valence-electron chi connectivity index (χ3n) is 12.8. The minimum Gasteiger partial charge on any atom is -0.479 e. The van der Waals surface area contributed by atoms with Crippen LogP contribution in [0.25, 0.3) is 22.3 Å². The SMILES string of the molecule is CC.O=C(NC[C@H](O)[C@H](O)CCC(=O)[C@H](O)[C@H](O)C(=O)O)OCC1c2ccccc2-c2ccccc21.O=C(NC[C@H](O)[C@H](O)CCC(=O)[C@H](O)[C@H](O)C(=O)OCc1ccccc1)OCC1c2ccccc2-c2ccccc21. The van der Waals surface area contributed by atoms with Crippen LogP contribution in [0.3, 0.4) is 0 Å². The lowest BCUT2D eigenvalue weighted by atomic mass is 9.98. The summed E-state index contributed by atoms with van der Waals surface area (Å²) in [4.78, 5) is 71.0. The number of ether oxygens (including phenoxy) is 3. The molecule has 412 valence electrons. The van der Waals surface area contributed by atoms with E-state index < -0.39 is 97.4 Å². The molecule has 5 aromatic carbocycles. The highest BCUT2D eigenvalue weighted by molar-refractivity contribution is 5.90. The van der Waals surface area contributed by atoms with Gasteiger partial charge in [-0.2, -0.15) is 0 Å². The van der Waals surface area contributed by atoms with Crippen molar-refractivity contribution in [3.05, 3.63) is 155 Å². The molecule has 0 heterocycles. The normalized spacial score (nSPS) is 15.2. The average Bonchev–Trinajstić information content (AvgIpc) is 3.98. The van der Waals surface area contributed by atoms with Gasteiger partial charge in [-0.1, -0.05) is 141 Å². The summed E-state index contributed by atoms with van der Waals surface area (Å²) in [6.45, 7) is 3.33. The number of aliphatic hydroxyl groups is 8. The molecule has 7 rings (SSSR count). The number of esters is 1. The first kappa shape index (κ1) is 60.5. The fraction of sp³-hybridized carbons (Fsp3) is 0.368. The lowest BCUT2D eigenvalue weighted by Gasteiger charge is -2.20. The molecule has 11 N–H and O–H groups in total. The van der Waals surface area contributed by atoms with Crippen LogP contribution in [0.1, 0.15) is 79.2 Å². The summed E-state index contributed by atoms with van der Waals surface area (Å²) in [6.07, 6.45) is -17.4. The number of carbonyl (C=O) groups excluding carboxylic acids is 5. The largest absolute Gasteiger partial charge is 0.479 e. The number of aliphatic carboxylic acids is 1. The molecule has 77 heavy (non-hydrogen) atoms. The summed E-state index contributed by atoms with van der Waals surface area (Å²) in [6, 6.07) is 40.2. The molecule has 20 nitrogen and oxygen atoms in total. The van der Waals surface area contributed by atoms with Crippen LogP contribution in [0.4, 0.5) is 9.59 Å². The van der Waals surface area contributed by atoms with Gasteiger partial charge in [0.15, 0.2) is 23.8 Å². The van der Waals surface area contributed by atoms with E-state index in [2.05, 4.69) is 10.6 Å². The molecule has 0 saturated heterocycles. The molecule has 0 radical (unpaired) electrons. The molecule has 0 fully saturated rings. The van der Waals surface area contributed by atoms with Crippen molar-refractivity contribution in [1.82, 2.24) is 10.6 Å². The average molecular weight is 1070 g/mol. The van der Waals surface area contributed by atoms with E-state index in [0.717, 1.165) is 44.5 Å². The van der Waals surface area contributed by atoms with Crippen LogP contribution in [0.2, 0.25) is 0 Å². The molecule has 0 bridgehead atoms. The van der Waals surface area contributed by atoms with E-state index in [-0.39, 0.29) is 57.6 Å². The molecular weight excluding hydrogens is 1000 g/mol. The highest BCUT2D eigenvalue weighted by atomic mass is 16.6. The molecule has 0 spiro atoms.